The molecule has 2 N–H and O–H groups in total. The summed E-state index contributed by atoms with van der Waals surface area (Å²) in [5, 5.41) is 8.37. The Kier molecular flexibility index (Phi) is 8.50. The van der Waals surface area contributed by atoms with Gasteiger partial charge in [-0.15, -0.1) is 11.3 Å². The van der Waals surface area contributed by atoms with Crippen LogP contribution in [0.1, 0.15) is 28.9 Å². The number of halogens is 1. The zero-order valence-electron chi connectivity index (χ0n) is 20.6. The lowest BCUT2D eigenvalue weighted by Gasteiger charge is -2.26. The summed E-state index contributed by atoms with van der Waals surface area (Å²) in [4.78, 5) is 36.1. The van der Waals surface area contributed by atoms with Crippen molar-refractivity contribution in [3.05, 3.63) is 63.6 Å². The van der Waals surface area contributed by atoms with E-state index >= 15 is 0 Å². The third kappa shape index (κ3) is 6.48. The van der Waals surface area contributed by atoms with E-state index in [0.29, 0.717) is 33.9 Å². The predicted octanol–water partition coefficient (Wildman–Crippen LogP) is 5.11. The number of nitrogens with one attached hydrogen (secondary N) is 2. The van der Waals surface area contributed by atoms with Crippen molar-refractivity contribution in [1.29, 1.82) is 0 Å². The van der Waals surface area contributed by atoms with Crippen LogP contribution in [0.4, 0.5) is 10.8 Å². The highest BCUT2D eigenvalue weighted by Gasteiger charge is 2.19. The van der Waals surface area contributed by atoms with Crippen molar-refractivity contribution in [2.24, 2.45) is 0 Å². The molecule has 1 atom stereocenters. The third-order valence-electron chi connectivity index (χ3n) is 6.16. The van der Waals surface area contributed by atoms with E-state index in [2.05, 4.69) is 25.5 Å². The second-order valence-corrected chi connectivity index (χ2v) is 10.9. The van der Waals surface area contributed by atoms with E-state index in [9.17, 15) is 9.59 Å². The van der Waals surface area contributed by atoms with E-state index in [1.807, 2.05) is 19.1 Å². The molecule has 1 aliphatic rings. The number of rotatable bonds is 9. The van der Waals surface area contributed by atoms with Crippen LogP contribution in [0.3, 0.4) is 0 Å². The number of hydrogen-bond acceptors (Lipinski definition) is 9. The molecule has 38 heavy (non-hydrogen) atoms. The topological polar surface area (TPSA) is 106 Å². The van der Waals surface area contributed by atoms with Crippen LogP contribution in [-0.4, -0.2) is 66.1 Å². The Labute approximate surface area is 232 Å². The number of fused-ring (bicyclic) bond motifs is 1. The Bertz CT molecular complexity index is 1420. The molecular formula is C26H26ClN5O4S2. The molecule has 12 heteroatoms. The molecule has 0 radical (unpaired) electrons. The van der Waals surface area contributed by atoms with Gasteiger partial charge >= 0.3 is 0 Å². The largest absolute Gasteiger partial charge is 0.491 e. The minimum Gasteiger partial charge on any atom is -0.491 e. The first-order valence-electron chi connectivity index (χ1n) is 12.1. The average Bonchev–Trinajstić information content (AvgIpc) is 3.60. The summed E-state index contributed by atoms with van der Waals surface area (Å²) < 4.78 is 12.1. The Morgan fingerprint density at radius 1 is 1.18 bits per heavy atom. The summed E-state index contributed by atoms with van der Waals surface area (Å²) in [5.74, 6) is -0.321. The summed E-state index contributed by atoms with van der Waals surface area (Å²) in [6.45, 7) is 6.47. The number of carbonyl (C=O) groups is 2. The highest BCUT2D eigenvalue weighted by molar-refractivity contribution is 7.22. The van der Waals surface area contributed by atoms with Crippen molar-refractivity contribution in [2.75, 3.05) is 50.1 Å². The van der Waals surface area contributed by atoms with Gasteiger partial charge in [0.1, 0.15) is 18.1 Å². The molecule has 4 aromatic rings. The molecule has 1 aliphatic heterocycles. The highest BCUT2D eigenvalue weighted by atomic mass is 35.5. The fourth-order valence-corrected chi connectivity index (χ4v) is 5.64. The van der Waals surface area contributed by atoms with Gasteiger partial charge in [0, 0.05) is 30.7 Å². The first kappa shape index (κ1) is 26.5. The molecule has 3 heterocycles. The number of thiazole rings is 2. The summed E-state index contributed by atoms with van der Waals surface area (Å²) in [6.07, 6.45) is 0. The van der Waals surface area contributed by atoms with Crippen molar-refractivity contribution < 1.29 is 19.1 Å². The zero-order valence-corrected chi connectivity index (χ0v) is 23.0. The lowest BCUT2D eigenvalue weighted by Crippen LogP contribution is -2.38. The molecule has 2 aromatic carbocycles. The van der Waals surface area contributed by atoms with Crippen LogP contribution in [0.2, 0.25) is 5.02 Å². The minimum atomic E-state index is -0.449. The second-order valence-electron chi connectivity index (χ2n) is 8.73. The summed E-state index contributed by atoms with van der Waals surface area (Å²) in [7, 11) is 0. The van der Waals surface area contributed by atoms with E-state index in [1.54, 1.807) is 35.2 Å². The van der Waals surface area contributed by atoms with Crippen LogP contribution in [0.5, 0.6) is 5.75 Å². The number of morpholine rings is 1. The smallest absolute Gasteiger partial charge is 0.275 e. The number of nitrogens with zero attached hydrogens (tertiary/aromatic N) is 3. The molecule has 0 spiro atoms. The third-order valence-corrected chi connectivity index (χ3v) is 7.97. The summed E-state index contributed by atoms with van der Waals surface area (Å²) >= 11 is 9.16. The minimum absolute atomic E-state index is 0.196. The molecule has 0 saturated carbocycles. The molecule has 1 fully saturated rings. The molecule has 2 aromatic heterocycles. The zero-order chi connectivity index (χ0) is 26.5. The van der Waals surface area contributed by atoms with E-state index in [-0.39, 0.29) is 11.8 Å². The van der Waals surface area contributed by atoms with Gasteiger partial charge in [-0.3, -0.25) is 14.5 Å². The predicted molar refractivity (Wildman–Crippen MR) is 151 cm³/mol. The molecule has 2 amide bonds. The fourth-order valence-electron chi connectivity index (χ4n) is 3.95. The number of ether oxygens (including phenoxy) is 2. The maximum Gasteiger partial charge on any atom is 0.275 e. The van der Waals surface area contributed by atoms with Gasteiger partial charge in [0.15, 0.2) is 5.13 Å². The molecule has 0 bridgehead atoms. The second kappa shape index (κ2) is 12.2. The number of carbonyl (C=O) groups excluding carboxylic acids is 2. The van der Waals surface area contributed by atoms with Gasteiger partial charge in [-0.05, 0) is 42.8 Å². The normalized spacial score (nSPS) is 14.8. The van der Waals surface area contributed by atoms with E-state index in [1.165, 1.54) is 22.7 Å². The van der Waals surface area contributed by atoms with Gasteiger partial charge in [0.25, 0.3) is 5.91 Å². The summed E-state index contributed by atoms with van der Waals surface area (Å²) in [5.41, 5.74) is 4.12. The van der Waals surface area contributed by atoms with Gasteiger partial charge in [-0.25, -0.2) is 9.97 Å². The van der Waals surface area contributed by atoms with Crippen molar-refractivity contribution in [3.63, 3.8) is 0 Å². The van der Waals surface area contributed by atoms with Crippen molar-refractivity contribution in [1.82, 2.24) is 14.9 Å². The Morgan fingerprint density at radius 2 is 2.03 bits per heavy atom. The molecule has 9 nitrogen and oxygen atoms in total. The van der Waals surface area contributed by atoms with Crippen molar-refractivity contribution in [3.8, 4) is 5.75 Å². The molecular weight excluding hydrogens is 546 g/mol. The molecule has 1 unspecified atom stereocenters. The number of amides is 2. The number of hydrogen-bond donors (Lipinski definition) is 2. The van der Waals surface area contributed by atoms with Crippen LogP contribution in [-0.2, 0) is 9.53 Å². The molecule has 1 saturated heterocycles. The van der Waals surface area contributed by atoms with Gasteiger partial charge in [0.05, 0.1) is 39.9 Å². The number of anilines is 2. The number of aromatic nitrogens is 2. The van der Waals surface area contributed by atoms with Crippen LogP contribution in [0, 0.1) is 0 Å². The number of benzene rings is 2. The standard InChI is InChI=1S/C26H26ClN5O4S2/c1-16(17-2-5-22(19(27)12-17)36-11-8-32-6-9-35-10-7-32)24(33)31-26-30-20-4-3-18(13-23(20)38-26)29-25(34)21-14-37-15-28-21/h2-5,12-16H,6-11H2,1H3,(H,29,34)(H,30,31,33). The maximum absolute atomic E-state index is 13.0. The van der Waals surface area contributed by atoms with Crippen LogP contribution >= 0.6 is 34.3 Å². The van der Waals surface area contributed by atoms with Crippen LogP contribution in [0.15, 0.2) is 47.3 Å². The molecule has 5 rings (SSSR count). The van der Waals surface area contributed by atoms with E-state index in [4.69, 9.17) is 21.1 Å². The Balaban J connectivity index is 1.18. The summed E-state index contributed by atoms with van der Waals surface area (Å²) in [6, 6.07) is 10.8. The van der Waals surface area contributed by atoms with Crippen molar-refractivity contribution in [2.45, 2.75) is 12.8 Å². The van der Waals surface area contributed by atoms with Gasteiger partial charge in [-0.2, -0.15) is 0 Å². The maximum atomic E-state index is 13.0. The van der Waals surface area contributed by atoms with Gasteiger partial charge in [0.2, 0.25) is 5.91 Å². The lowest BCUT2D eigenvalue weighted by atomic mass is 10.0. The average molecular weight is 572 g/mol. The molecule has 198 valence electrons. The van der Waals surface area contributed by atoms with E-state index in [0.717, 1.165) is 48.6 Å². The fraction of sp³-hybridized carbons (Fsp3) is 0.308. The monoisotopic (exact) mass is 571 g/mol. The Morgan fingerprint density at radius 3 is 2.79 bits per heavy atom. The SMILES string of the molecule is CC(C(=O)Nc1nc2ccc(NC(=O)c3cscn3)cc2s1)c1ccc(OCCN2CCOCC2)c(Cl)c1. The van der Waals surface area contributed by atoms with E-state index < -0.39 is 5.92 Å². The van der Waals surface area contributed by atoms with Crippen molar-refractivity contribution >= 4 is 67.1 Å². The van der Waals surface area contributed by atoms with Crippen LogP contribution in [0.25, 0.3) is 10.2 Å². The Hall–Kier alpha value is -3.09. The van der Waals surface area contributed by atoms with Gasteiger partial charge < -0.3 is 20.1 Å². The molecule has 0 aliphatic carbocycles. The lowest BCUT2D eigenvalue weighted by molar-refractivity contribution is -0.117. The van der Waals surface area contributed by atoms with Gasteiger partial charge in [-0.1, -0.05) is 29.0 Å². The highest BCUT2D eigenvalue weighted by Crippen LogP contribution is 2.31. The first-order chi connectivity index (χ1) is 18.5. The van der Waals surface area contributed by atoms with Crippen LogP contribution < -0.4 is 15.4 Å². The first-order valence-corrected chi connectivity index (χ1v) is 14.2. The quantitative estimate of drug-likeness (QED) is 0.287.